The van der Waals surface area contributed by atoms with E-state index in [-0.39, 0.29) is 18.2 Å². The van der Waals surface area contributed by atoms with Crippen molar-refractivity contribution in [1.82, 2.24) is 0 Å². The predicted octanol–water partition coefficient (Wildman–Crippen LogP) is 1.30. The number of rotatable bonds is 0. The zero-order valence-corrected chi connectivity index (χ0v) is 7.81. The van der Waals surface area contributed by atoms with Gasteiger partial charge in [-0.3, -0.25) is 0 Å². The summed E-state index contributed by atoms with van der Waals surface area (Å²) in [5.41, 5.74) is 2.32. The predicted molar refractivity (Wildman–Crippen MR) is 53.2 cm³/mol. The summed E-state index contributed by atoms with van der Waals surface area (Å²) in [6.45, 7) is 0.441. The third kappa shape index (κ3) is 1.13. The summed E-state index contributed by atoms with van der Waals surface area (Å²) in [6, 6.07) is 8.30. The van der Waals surface area contributed by atoms with E-state index in [0.717, 1.165) is 12.1 Å². The Morgan fingerprint density at radius 3 is 3.14 bits per heavy atom. The molecule has 1 fully saturated rings. The van der Waals surface area contributed by atoms with E-state index in [1.165, 1.54) is 5.56 Å². The Balaban J connectivity index is 2.02. The molecule has 0 radical (unpaired) electrons. The van der Waals surface area contributed by atoms with E-state index < -0.39 is 0 Å². The van der Waals surface area contributed by atoms with Crippen LogP contribution in [-0.4, -0.2) is 23.9 Å². The molecular weight excluding hydrogens is 178 g/mol. The second kappa shape index (κ2) is 2.97. The summed E-state index contributed by atoms with van der Waals surface area (Å²) in [5.74, 6) is 0. The lowest BCUT2D eigenvalue weighted by Crippen LogP contribution is -2.45. The summed E-state index contributed by atoms with van der Waals surface area (Å²) in [6.07, 6.45) is 0.665. The van der Waals surface area contributed by atoms with E-state index >= 15 is 0 Å². The van der Waals surface area contributed by atoms with Gasteiger partial charge in [0.05, 0.1) is 24.9 Å². The quantitative estimate of drug-likeness (QED) is 0.649. The number of hydrogen-bond donors (Lipinski definition) is 2. The monoisotopic (exact) mass is 191 g/mol. The SMILES string of the molecule is O[C@H]1COC2CC1Nc1ccccc12. The molecule has 3 nitrogen and oxygen atoms in total. The Bertz CT molecular complexity index is 353. The molecule has 3 heteroatoms. The number of aliphatic hydroxyl groups excluding tert-OH is 1. The van der Waals surface area contributed by atoms with E-state index in [1.54, 1.807) is 0 Å². The van der Waals surface area contributed by atoms with Crippen molar-refractivity contribution >= 4 is 5.69 Å². The lowest BCUT2D eigenvalue weighted by molar-refractivity contribution is -0.0672. The standard InChI is InChI=1S/C11H13NO2/c13-10-6-14-11-5-9(10)12-8-4-2-1-3-7(8)11/h1-4,9-13H,5-6H2/t9?,10-,11?/m0/s1. The van der Waals surface area contributed by atoms with Crippen LogP contribution in [0.2, 0.25) is 0 Å². The van der Waals surface area contributed by atoms with Gasteiger partial charge in [0.1, 0.15) is 0 Å². The van der Waals surface area contributed by atoms with Gasteiger partial charge in [-0.1, -0.05) is 18.2 Å². The van der Waals surface area contributed by atoms with E-state index in [4.69, 9.17) is 4.74 Å². The lowest BCUT2D eigenvalue weighted by atomic mass is 9.90. The molecule has 14 heavy (non-hydrogen) atoms. The third-order valence-electron chi connectivity index (χ3n) is 3.05. The second-order valence-corrected chi connectivity index (χ2v) is 3.96. The van der Waals surface area contributed by atoms with Crippen molar-refractivity contribution in [2.75, 3.05) is 11.9 Å². The molecule has 3 rings (SSSR count). The van der Waals surface area contributed by atoms with E-state index in [1.807, 2.05) is 18.2 Å². The summed E-state index contributed by atoms with van der Waals surface area (Å²) < 4.78 is 5.60. The normalized spacial score (nSPS) is 34.5. The van der Waals surface area contributed by atoms with Crippen LogP contribution < -0.4 is 5.32 Å². The molecule has 1 aromatic carbocycles. The van der Waals surface area contributed by atoms with Gasteiger partial charge in [-0.15, -0.1) is 0 Å². The number of ether oxygens (including phenoxy) is 1. The Hall–Kier alpha value is -1.06. The van der Waals surface area contributed by atoms with Crippen LogP contribution in [0.25, 0.3) is 0 Å². The van der Waals surface area contributed by atoms with Crippen LogP contribution in [0.4, 0.5) is 5.69 Å². The molecule has 2 heterocycles. The van der Waals surface area contributed by atoms with Crippen molar-refractivity contribution in [1.29, 1.82) is 0 Å². The summed E-state index contributed by atoms with van der Waals surface area (Å²) >= 11 is 0. The molecule has 3 atom stereocenters. The van der Waals surface area contributed by atoms with Gasteiger partial charge in [0.2, 0.25) is 0 Å². The first-order valence-corrected chi connectivity index (χ1v) is 5.00. The Morgan fingerprint density at radius 2 is 2.21 bits per heavy atom. The molecule has 0 saturated carbocycles. The van der Waals surface area contributed by atoms with Crippen LogP contribution in [0.3, 0.4) is 0 Å². The highest BCUT2D eigenvalue weighted by Crippen LogP contribution is 2.38. The molecule has 0 aliphatic carbocycles. The lowest BCUT2D eigenvalue weighted by Gasteiger charge is -2.40. The largest absolute Gasteiger partial charge is 0.389 e. The van der Waals surface area contributed by atoms with Gasteiger partial charge in [-0.2, -0.15) is 0 Å². The van der Waals surface area contributed by atoms with Crippen LogP contribution in [0.5, 0.6) is 0 Å². The number of nitrogens with one attached hydrogen (secondary N) is 1. The molecule has 2 aliphatic rings. The van der Waals surface area contributed by atoms with Crippen molar-refractivity contribution in [2.45, 2.75) is 24.7 Å². The van der Waals surface area contributed by atoms with Crippen molar-refractivity contribution in [3.05, 3.63) is 29.8 Å². The first-order valence-electron chi connectivity index (χ1n) is 5.00. The molecule has 2 aliphatic heterocycles. The van der Waals surface area contributed by atoms with Gasteiger partial charge >= 0.3 is 0 Å². The summed E-state index contributed by atoms with van der Waals surface area (Å²) in [5, 5.41) is 13.0. The van der Waals surface area contributed by atoms with Gasteiger partial charge in [0, 0.05) is 17.7 Å². The van der Waals surface area contributed by atoms with Crippen LogP contribution >= 0.6 is 0 Å². The summed E-state index contributed by atoms with van der Waals surface area (Å²) in [7, 11) is 0. The first-order chi connectivity index (χ1) is 6.84. The van der Waals surface area contributed by atoms with Gasteiger partial charge in [0.25, 0.3) is 0 Å². The minimum atomic E-state index is -0.375. The second-order valence-electron chi connectivity index (χ2n) is 3.96. The Morgan fingerprint density at radius 1 is 1.36 bits per heavy atom. The van der Waals surface area contributed by atoms with Gasteiger partial charge in [-0.05, 0) is 6.07 Å². The average molecular weight is 191 g/mol. The van der Waals surface area contributed by atoms with Crippen molar-refractivity contribution in [2.24, 2.45) is 0 Å². The molecule has 74 valence electrons. The maximum atomic E-state index is 9.66. The summed E-state index contributed by atoms with van der Waals surface area (Å²) in [4.78, 5) is 0. The topological polar surface area (TPSA) is 41.5 Å². The van der Waals surface area contributed by atoms with Gasteiger partial charge in [-0.25, -0.2) is 0 Å². The van der Waals surface area contributed by atoms with Crippen LogP contribution in [0.1, 0.15) is 18.1 Å². The zero-order chi connectivity index (χ0) is 9.54. The van der Waals surface area contributed by atoms with Gasteiger partial charge in [0.15, 0.2) is 0 Å². The highest BCUT2D eigenvalue weighted by molar-refractivity contribution is 5.55. The van der Waals surface area contributed by atoms with Gasteiger partial charge < -0.3 is 15.2 Å². The van der Waals surface area contributed by atoms with Crippen LogP contribution in [0, 0.1) is 0 Å². The number of hydrogen-bond acceptors (Lipinski definition) is 3. The van der Waals surface area contributed by atoms with E-state index in [9.17, 15) is 5.11 Å². The molecular formula is C11H13NO2. The Kier molecular flexibility index (Phi) is 1.75. The first kappa shape index (κ1) is 8.26. The average Bonchev–Trinajstić information content (AvgIpc) is 2.24. The molecule has 2 N–H and O–H groups in total. The van der Waals surface area contributed by atoms with Crippen molar-refractivity contribution < 1.29 is 9.84 Å². The van der Waals surface area contributed by atoms with Crippen LogP contribution in [-0.2, 0) is 4.74 Å². The number of anilines is 1. The fourth-order valence-electron chi connectivity index (χ4n) is 2.27. The highest BCUT2D eigenvalue weighted by atomic mass is 16.5. The van der Waals surface area contributed by atoms with Crippen LogP contribution in [0.15, 0.2) is 24.3 Å². The molecule has 2 bridgehead atoms. The van der Waals surface area contributed by atoms with Crippen molar-refractivity contribution in [3.63, 3.8) is 0 Å². The van der Waals surface area contributed by atoms with E-state index in [0.29, 0.717) is 6.61 Å². The molecule has 1 saturated heterocycles. The minimum absolute atomic E-state index is 0.156. The highest BCUT2D eigenvalue weighted by Gasteiger charge is 2.35. The third-order valence-corrected chi connectivity index (χ3v) is 3.05. The van der Waals surface area contributed by atoms with E-state index in [2.05, 4.69) is 11.4 Å². The smallest absolute Gasteiger partial charge is 0.0975 e. The number of aliphatic hydroxyl groups is 1. The number of fused-ring (bicyclic) bond motifs is 4. The zero-order valence-electron chi connectivity index (χ0n) is 7.81. The molecule has 2 unspecified atom stereocenters. The number of benzene rings is 1. The minimum Gasteiger partial charge on any atom is -0.389 e. The molecule has 0 spiro atoms. The molecule has 0 amide bonds. The Labute approximate surface area is 82.7 Å². The molecule has 1 aromatic rings. The fraction of sp³-hybridized carbons (Fsp3) is 0.455. The molecule has 0 aromatic heterocycles. The maximum Gasteiger partial charge on any atom is 0.0975 e. The maximum absolute atomic E-state index is 9.66. The van der Waals surface area contributed by atoms with Crippen molar-refractivity contribution in [3.8, 4) is 0 Å². The number of para-hydroxylation sites is 1. The fourth-order valence-corrected chi connectivity index (χ4v) is 2.27.